The molecule has 6 nitrogen and oxygen atoms in total. The normalized spacial score (nSPS) is 10.6. The third kappa shape index (κ3) is 3.92. The maximum absolute atomic E-state index is 12.2. The summed E-state index contributed by atoms with van der Waals surface area (Å²) in [5, 5.41) is 5.64. The Morgan fingerprint density at radius 1 is 1.32 bits per heavy atom. The van der Waals surface area contributed by atoms with Gasteiger partial charge in [-0.2, -0.15) is 0 Å². The molecule has 2 amide bonds. The van der Waals surface area contributed by atoms with E-state index in [1.54, 1.807) is 17.6 Å². The molecular weight excluding hydrogens is 356 g/mol. The first-order valence-electron chi connectivity index (χ1n) is 7.45. The number of primary amides is 1. The summed E-state index contributed by atoms with van der Waals surface area (Å²) in [4.78, 5) is 27.8. The second kappa shape index (κ2) is 7.54. The molecule has 3 aromatic rings. The summed E-state index contributed by atoms with van der Waals surface area (Å²) in [6.45, 7) is 2.03. The van der Waals surface area contributed by atoms with E-state index < -0.39 is 5.91 Å². The summed E-state index contributed by atoms with van der Waals surface area (Å²) in [5.41, 5.74) is 7.75. The van der Waals surface area contributed by atoms with Crippen LogP contribution in [0.5, 0.6) is 0 Å². The molecule has 0 radical (unpaired) electrons. The van der Waals surface area contributed by atoms with Gasteiger partial charge in [-0.05, 0) is 30.0 Å². The maximum atomic E-state index is 12.2. The fourth-order valence-electron chi connectivity index (χ4n) is 2.31. The average molecular weight is 372 g/mol. The predicted octanol–water partition coefficient (Wildman–Crippen LogP) is 3.07. The van der Waals surface area contributed by atoms with Crippen LogP contribution in [-0.4, -0.2) is 27.1 Å². The third-order valence-electron chi connectivity index (χ3n) is 3.50. The highest BCUT2D eigenvalue weighted by molar-refractivity contribution is 7.99. The molecule has 0 unspecified atom stereocenters. The number of aromatic nitrogens is 2. The molecule has 0 bridgehead atoms. The van der Waals surface area contributed by atoms with Gasteiger partial charge in [-0.15, -0.1) is 11.3 Å². The lowest BCUT2D eigenvalue weighted by Gasteiger charge is -2.10. The highest BCUT2D eigenvalue weighted by Crippen LogP contribution is 2.25. The monoisotopic (exact) mass is 372 g/mol. The molecule has 25 heavy (non-hydrogen) atoms. The number of rotatable bonds is 6. The lowest BCUT2D eigenvalue weighted by atomic mass is 10.2. The molecule has 0 saturated carbocycles. The molecule has 3 N–H and O–H groups in total. The number of anilines is 1. The van der Waals surface area contributed by atoms with Crippen molar-refractivity contribution in [3.63, 3.8) is 0 Å². The van der Waals surface area contributed by atoms with Crippen LogP contribution in [0.25, 0.3) is 5.69 Å². The lowest BCUT2D eigenvalue weighted by molar-refractivity contribution is -0.113. The molecule has 2 heterocycles. The van der Waals surface area contributed by atoms with Crippen LogP contribution >= 0.6 is 23.1 Å². The van der Waals surface area contributed by atoms with E-state index in [9.17, 15) is 9.59 Å². The molecule has 0 atom stereocenters. The standard InChI is InChI=1S/C17H16N4O2S2/c1-11-4-2-3-5-13(11)21-8-7-19-17(21)25-10-14(22)20-16-12(15(18)23)6-9-24-16/h2-9H,10H2,1H3,(H2,18,23)(H,20,22). The Hall–Kier alpha value is -2.58. The number of nitrogens with one attached hydrogen (secondary N) is 1. The number of imidazole rings is 1. The van der Waals surface area contributed by atoms with Crippen LogP contribution in [0.15, 0.2) is 53.3 Å². The average Bonchev–Trinajstić information content (AvgIpc) is 3.22. The number of benzene rings is 1. The highest BCUT2D eigenvalue weighted by Gasteiger charge is 2.14. The van der Waals surface area contributed by atoms with Crippen molar-refractivity contribution in [2.45, 2.75) is 12.1 Å². The molecule has 1 aromatic carbocycles. The van der Waals surface area contributed by atoms with E-state index in [0.29, 0.717) is 10.6 Å². The fraction of sp³-hybridized carbons (Fsp3) is 0.118. The second-order valence-electron chi connectivity index (χ2n) is 5.23. The predicted molar refractivity (Wildman–Crippen MR) is 100 cm³/mol. The number of carbonyl (C=O) groups is 2. The van der Waals surface area contributed by atoms with Crippen molar-refractivity contribution in [1.82, 2.24) is 9.55 Å². The quantitative estimate of drug-likeness (QED) is 0.651. The lowest BCUT2D eigenvalue weighted by Crippen LogP contribution is -2.18. The molecule has 0 aliphatic carbocycles. The van der Waals surface area contributed by atoms with Gasteiger partial charge in [0.05, 0.1) is 17.0 Å². The smallest absolute Gasteiger partial charge is 0.251 e. The van der Waals surface area contributed by atoms with Crippen molar-refractivity contribution in [3.8, 4) is 5.69 Å². The topological polar surface area (TPSA) is 90.0 Å². The van der Waals surface area contributed by atoms with E-state index in [-0.39, 0.29) is 11.7 Å². The van der Waals surface area contributed by atoms with Crippen molar-refractivity contribution in [2.24, 2.45) is 5.73 Å². The Balaban J connectivity index is 1.68. The van der Waals surface area contributed by atoms with E-state index in [0.717, 1.165) is 16.4 Å². The Bertz CT molecular complexity index is 917. The van der Waals surface area contributed by atoms with Crippen LogP contribution in [0.2, 0.25) is 0 Å². The van der Waals surface area contributed by atoms with Crippen LogP contribution < -0.4 is 11.1 Å². The number of hydrogen-bond donors (Lipinski definition) is 2. The maximum Gasteiger partial charge on any atom is 0.251 e. The van der Waals surface area contributed by atoms with E-state index in [4.69, 9.17) is 5.73 Å². The van der Waals surface area contributed by atoms with Crippen molar-refractivity contribution in [1.29, 1.82) is 0 Å². The molecule has 0 aliphatic rings. The Morgan fingerprint density at radius 2 is 2.12 bits per heavy atom. The van der Waals surface area contributed by atoms with Gasteiger partial charge in [0, 0.05) is 12.4 Å². The van der Waals surface area contributed by atoms with Gasteiger partial charge in [0.1, 0.15) is 5.00 Å². The molecule has 8 heteroatoms. The number of hydrogen-bond acceptors (Lipinski definition) is 5. The molecular formula is C17H16N4O2S2. The molecule has 2 aromatic heterocycles. The van der Waals surface area contributed by atoms with Gasteiger partial charge in [0.15, 0.2) is 5.16 Å². The summed E-state index contributed by atoms with van der Waals surface area (Å²) in [5.74, 6) is -0.590. The van der Waals surface area contributed by atoms with Crippen molar-refractivity contribution in [2.75, 3.05) is 11.1 Å². The van der Waals surface area contributed by atoms with Gasteiger partial charge in [-0.1, -0.05) is 30.0 Å². The summed E-state index contributed by atoms with van der Waals surface area (Å²) in [7, 11) is 0. The van der Waals surface area contributed by atoms with E-state index in [1.807, 2.05) is 42.0 Å². The van der Waals surface area contributed by atoms with Crippen LogP contribution in [0, 0.1) is 6.92 Å². The van der Waals surface area contributed by atoms with Crippen LogP contribution in [0.3, 0.4) is 0 Å². The van der Waals surface area contributed by atoms with Crippen LogP contribution in [0.1, 0.15) is 15.9 Å². The minimum atomic E-state index is -0.556. The number of para-hydroxylation sites is 1. The molecule has 128 valence electrons. The zero-order valence-corrected chi connectivity index (χ0v) is 15.1. The van der Waals surface area contributed by atoms with Gasteiger partial charge in [-0.25, -0.2) is 4.98 Å². The number of carbonyl (C=O) groups excluding carboxylic acids is 2. The molecule has 0 fully saturated rings. The Labute approximate surface area is 153 Å². The summed E-state index contributed by atoms with van der Waals surface area (Å²) >= 11 is 2.60. The largest absolute Gasteiger partial charge is 0.366 e. The highest BCUT2D eigenvalue weighted by atomic mass is 32.2. The van der Waals surface area contributed by atoms with Crippen LogP contribution in [0.4, 0.5) is 5.00 Å². The van der Waals surface area contributed by atoms with E-state index in [2.05, 4.69) is 10.3 Å². The van der Waals surface area contributed by atoms with Gasteiger partial charge in [-0.3, -0.25) is 14.2 Å². The number of amides is 2. The van der Waals surface area contributed by atoms with E-state index in [1.165, 1.54) is 23.1 Å². The van der Waals surface area contributed by atoms with Crippen molar-refractivity contribution in [3.05, 3.63) is 59.2 Å². The third-order valence-corrected chi connectivity index (χ3v) is 5.29. The number of aryl methyl sites for hydroxylation is 1. The summed E-state index contributed by atoms with van der Waals surface area (Å²) in [6, 6.07) is 9.57. The minimum Gasteiger partial charge on any atom is -0.366 e. The zero-order valence-electron chi connectivity index (χ0n) is 13.4. The number of nitrogens with zero attached hydrogens (tertiary/aromatic N) is 2. The fourth-order valence-corrected chi connectivity index (χ4v) is 3.88. The zero-order chi connectivity index (χ0) is 17.8. The Morgan fingerprint density at radius 3 is 2.88 bits per heavy atom. The minimum absolute atomic E-state index is 0.180. The van der Waals surface area contributed by atoms with Crippen molar-refractivity contribution >= 4 is 39.9 Å². The molecule has 0 saturated heterocycles. The van der Waals surface area contributed by atoms with Gasteiger partial charge >= 0.3 is 0 Å². The molecule has 0 aliphatic heterocycles. The first-order valence-corrected chi connectivity index (χ1v) is 9.32. The summed E-state index contributed by atoms with van der Waals surface area (Å²) < 4.78 is 1.95. The summed E-state index contributed by atoms with van der Waals surface area (Å²) in [6.07, 6.45) is 3.57. The van der Waals surface area contributed by atoms with Crippen LogP contribution in [-0.2, 0) is 4.79 Å². The van der Waals surface area contributed by atoms with E-state index >= 15 is 0 Å². The first-order chi connectivity index (χ1) is 12.1. The van der Waals surface area contributed by atoms with Gasteiger partial charge < -0.3 is 11.1 Å². The van der Waals surface area contributed by atoms with Gasteiger partial charge in [0.25, 0.3) is 5.91 Å². The number of nitrogens with two attached hydrogens (primary N) is 1. The number of thiophene rings is 1. The SMILES string of the molecule is Cc1ccccc1-n1ccnc1SCC(=O)Nc1sccc1C(N)=O. The Kier molecular flexibility index (Phi) is 5.20. The molecule has 0 spiro atoms. The van der Waals surface area contributed by atoms with Crippen molar-refractivity contribution < 1.29 is 9.59 Å². The van der Waals surface area contributed by atoms with Gasteiger partial charge in [0.2, 0.25) is 5.91 Å². The molecule has 3 rings (SSSR count). The second-order valence-corrected chi connectivity index (χ2v) is 7.09. The first kappa shape index (κ1) is 17.2. The number of thioether (sulfide) groups is 1.